The Kier molecular flexibility index (Phi) is 3.45. The summed E-state index contributed by atoms with van der Waals surface area (Å²) in [7, 11) is 0. The van der Waals surface area contributed by atoms with Crippen LogP contribution in [0.15, 0.2) is 46.9 Å². The molecule has 0 radical (unpaired) electrons. The van der Waals surface area contributed by atoms with Crippen molar-refractivity contribution in [1.82, 2.24) is 9.88 Å². The van der Waals surface area contributed by atoms with E-state index >= 15 is 0 Å². The van der Waals surface area contributed by atoms with Gasteiger partial charge in [0.05, 0.1) is 5.56 Å². The molecule has 0 saturated heterocycles. The third-order valence-corrected chi connectivity index (χ3v) is 5.02. The highest BCUT2D eigenvalue weighted by atomic mass is 79.9. The maximum absolute atomic E-state index is 13.5. The number of aromatic nitrogens is 1. The Morgan fingerprint density at radius 2 is 2.04 bits per heavy atom. The number of hydrogen-bond acceptors (Lipinski definition) is 1. The van der Waals surface area contributed by atoms with E-state index in [4.69, 9.17) is 0 Å². The topological polar surface area (TPSA) is 36.1 Å². The standard InChI is InChI=1S/C18H14BrFN2O/c19-15-6-5-11(20)9-13(15)18(23)22-8-7-17-14(10-22)12-3-1-2-4-16(12)21-17/h1-6,9,21H,7-8,10H2. The minimum atomic E-state index is -0.402. The van der Waals surface area contributed by atoms with E-state index in [0.29, 0.717) is 23.1 Å². The van der Waals surface area contributed by atoms with Crippen molar-refractivity contribution in [2.24, 2.45) is 0 Å². The number of nitrogens with one attached hydrogen (secondary N) is 1. The van der Waals surface area contributed by atoms with Gasteiger partial charge in [0.15, 0.2) is 0 Å². The molecule has 3 aromatic rings. The number of fused-ring (bicyclic) bond motifs is 3. The Hall–Kier alpha value is -2.14. The number of carbonyl (C=O) groups excluding carboxylic acids is 1. The number of aromatic amines is 1. The number of para-hydroxylation sites is 1. The molecular weight excluding hydrogens is 359 g/mol. The second kappa shape index (κ2) is 5.49. The first kappa shape index (κ1) is 14.5. The molecule has 4 rings (SSSR count). The average molecular weight is 373 g/mol. The van der Waals surface area contributed by atoms with Crippen molar-refractivity contribution in [3.05, 3.63) is 69.6 Å². The van der Waals surface area contributed by atoms with E-state index < -0.39 is 5.82 Å². The molecule has 0 spiro atoms. The second-order valence-corrected chi connectivity index (χ2v) is 6.58. The Balaban J connectivity index is 1.70. The van der Waals surface area contributed by atoms with Gasteiger partial charge in [-0.3, -0.25) is 4.79 Å². The van der Waals surface area contributed by atoms with Crippen LogP contribution in [-0.2, 0) is 13.0 Å². The molecule has 2 heterocycles. The lowest BCUT2D eigenvalue weighted by Crippen LogP contribution is -2.36. The van der Waals surface area contributed by atoms with Gasteiger partial charge in [-0.1, -0.05) is 18.2 Å². The van der Waals surface area contributed by atoms with E-state index in [1.807, 2.05) is 18.2 Å². The molecular formula is C18H14BrFN2O. The zero-order chi connectivity index (χ0) is 16.0. The average Bonchev–Trinajstić information content (AvgIpc) is 2.94. The third-order valence-electron chi connectivity index (χ3n) is 4.33. The highest BCUT2D eigenvalue weighted by Gasteiger charge is 2.25. The summed E-state index contributed by atoms with van der Waals surface area (Å²) in [5.41, 5.74) is 3.81. The van der Waals surface area contributed by atoms with Crippen molar-refractivity contribution >= 4 is 32.7 Å². The summed E-state index contributed by atoms with van der Waals surface area (Å²) in [4.78, 5) is 18.0. The first-order chi connectivity index (χ1) is 11.1. The second-order valence-electron chi connectivity index (χ2n) is 5.73. The largest absolute Gasteiger partial charge is 0.358 e. The van der Waals surface area contributed by atoms with Crippen molar-refractivity contribution in [3.8, 4) is 0 Å². The number of halogens is 2. The fourth-order valence-electron chi connectivity index (χ4n) is 3.17. The lowest BCUT2D eigenvalue weighted by atomic mass is 10.0. The Labute approximate surface area is 141 Å². The van der Waals surface area contributed by atoms with Crippen LogP contribution in [-0.4, -0.2) is 22.3 Å². The summed E-state index contributed by atoms with van der Waals surface area (Å²) in [6.45, 7) is 1.17. The molecule has 23 heavy (non-hydrogen) atoms. The number of carbonyl (C=O) groups is 1. The predicted molar refractivity (Wildman–Crippen MR) is 90.8 cm³/mol. The SMILES string of the molecule is O=C(c1cc(F)ccc1Br)N1CCc2[nH]c3ccccc3c2C1. The number of benzene rings is 2. The first-order valence-corrected chi connectivity index (χ1v) is 8.25. The van der Waals surface area contributed by atoms with Crippen LogP contribution in [0.1, 0.15) is 21.6 Å². The minimum Gasteiger partial charge on any atom is -0.358 e. The summed E-state index contributed by atoms with van der Waals surface area (Å²) < 4.78 is 14.1. The van der Waals surface area contributed by atoms with E-state index in [1.54, 1.807) is 11.0 Å². The molecule has 1 N–H and O–H groups in total. The molecule has 0 bridgehead atoms. The van der Waals surface area contributed by atoms with Crippen LogP contribution in [0.25, 0.3) is 10.9 Å². The summed E-state index contributed by atoms with van der Waals surface area (Å²) in [6.07, 6.45) is 0.780. The van der Waals surface area contributed by atoms with Crippen LogP contribution in [0, 0.1) is 5.82 Å². The fourth-order valence-corrected chi connectivity index (χ4v) is 3.59. The number of hydrogen-bond donors (Lipinski definition) is 1. The molecule has 3 nitrogen and oxygen atoms in total. The van der Waals surface area contributed by atoms with E-state index in [-0.39, 0.29) is 5.91 Å². The minimum absolute atomic E-state index is 0.146. The van der Waals surface area contributed by atoms with Gasteiger partial charge in [-0.15, -0.1) is 0 Å². The molecule has 0 atom stereocenters. The highest BCUT2D eigenvalue weighted by Crippen LogP contribution is 2.29. The van der Waals surface area contributed by atoms with Crippen LogP contribution in [0.3, 0.4) is 0 Å². The first-order valence-electron chi connectivity index (χ1n) is 7.46. The zero-order valence-corrected chi connectivity index (χ0v) is 13.9. The number of nitrogens with zero attached hydrogens (tertiary/aromatic N) is 1. The Morgan fingerprint density at radius 3 is 2.91 bits per heavy atom. The van der Waals surface area contributed by atoms with E-state index in [9.17, 15) is 9.18 Å². The van der Waals surface area contributed by atoms with Gasteiger partial charge in [0.25, 0.3) is 5.91 Å². The Morgan fingerprint density at radius 1 is 1.22 bits per heavy atom. The highest BCUT2D eigenvalue weighted by molar-refractivity contribution is 9.10. The lowest BCUT2D eigenvalue weighted by molar-refractivity contribution is 0.0733. The molecule has 116 valence electrons. The lowest BCUT2D eigenvalue weighted by Gasteiger charge is -2.27. The van der Waals surface area contributed by atoms with E-state index in [0.717, 1.165) is 22.9 Å². The van der Waals surface area contributed by atoms with Crippen molar-refractivity contribution in [1.29, 1.82) is 0 Å². The maximum atomic E-state index is 13.5. The Bertz CT molecular complexity index is 919. The van der Waals surface area contributed by atoms with Gasteiger partial charge in [-0.2, -0.15) is 0 Å². The van der Waals surface area contributed by atoms with Crippen molar-refractivity contribution in [3.63, 3.8) is 0 Å². The van der Waals surface area contributed by atoms with E-state index in [2.05, 4.69) is 27.0 Å². The third kappa shape index (κ3) is 2.45. The molecule has 2 aromatic carbocycles. The summed E-state index contributed by atoms with van der Waals surface area (Å²) in [5, 5.41) is 1.15. The number of H-pyrrole nitrogens is 1. The molecule has 1 aromatic heterocycles. The number of amides is 1. The summed E-state index contributed by atoms with van der Waals surface area (Å²) in [6, 6.07) is 12.3. The summed E-state index contributed by atoms with van der Waals surface area (Å²) >= 11 is 3.34. The van der Waals surface area contributed by atoms with Gasteiger partial charge in [-0.25, -0.2) is 4.39 Å². The van der Waals surface area contributed by atoms with Gasteiger partial charge in [-0.05, 0) is 40.2 Å². The molecule has 0 unspecified atom stereocenters. The van der Waals surface area contributed by atoms with Gasteiger partial charge >= 0.3 is 0 Å². The van der Waals surface area contributed by atoms with Crippen LogP contribution in [0.4, 0.5) is 4.39 Å². The summed E-state index contributed by atoms with van der Waals surface area (Å²) in [5.74, 6) is -0.548. The smallest absolute Gasteiger partial charge is 0.255 e. The maximum Gasteiger partial charge on any atom is 0.255 e. The molecule has 1 aliphatic rings. The van der Waals surface area contributed by atoms with Crippen LogP contribution in [0.2, 0.25) is 0 Å². The molecule has 1 amide bonds. The van der Waals surface area contributed by atoms with Crippen LogP contribution >= 0.6 is 15.9 Å². The van der Waals surface area contributed by atoms with Crippen LogP contribution < -0.4 is 0 Å². The molecule has 5 heteroatoms. The molecule has 0 aliphatic carbocycles. The van der Waals surface area contributed by atoms with Crippen molar-refractivity contribution in [2.45, 2.75) is 13.0 Å². The molecule has 1 aliphatic heterocycles. The monoisotopic (exact) mass is 372 g/mol. The van der Waals surface area contributed by atoms with Crippen molar-refractivity contribution < 1.29 is 9.18 Å². The fraction of sp³-hybridized carbons (Fsp3) is 0.167. The molecule has 0 fully saturated rings. The van der Waals surface area contributed by atoms with Gasteiger partial charge in [0.1, 0.15) is 5.82 Å². The zero-order valence-electron chi connectivity index (χ0n) is 12.3. The van der Waals surface area contributed by atoms with Crippen LogP contribution in [0.5, 0.6) is 0 Å². The van der Waals surface area contributed by atoms with Gasteiger partial charge in [0.2, 0.25) is 0 Å². The van der Waals surface area contributed by atoms with Gasteiger partial charge in [0, 0.05) is 46.1 Å². The van der Waals surface area contributed by atoms with Gasteiger partial charge < -0.3 is 9.88 Å². The normalized spacial score (nSPS) is 14.1. The van der Waals surface area contributed by atoms with E-state index in [1.165, 1.54) is 17.8 Å². The predicted octanol–water partition coefficient (Wildman–Crippen LogP) is 4.27. The van der Waals surface area contributed by atoms with Crippen molar-refractivity contribution in [2.75, 3.05) is 6.54 Å². The molecule has 0 saturated carbocycles. The number of rotatable bonds is 1. The quantitative estimate of drug-likeness (QED) is 0.680.